The smallest absolute Gasteiger partial charge is 0.260 e. The number of sulfone groups is 1. The summed E-state index contributed by atoms with van der Waals surface area (Å²) in [5, 5.41) is 3.37. The lowest BCUT2D eigenvalue weighted by atomic mass is 9.92. The lowest BCUT2D eigenvalue weighted by Crippen LogP contribution is -2.41. The summed E-state index contributed by atoms with van der Waals surface area (Å²) in [6, 6.07) is 8.46. The van der Waals surface area contributed by atoms with E-state index >= 15 is 0 Å². The number of hydrogen-bond donors (Lipinski definition) is 1. The Hall–Kier alpha value is -3.59. The fourth-order valence-corrected chi connectivity index (χ4v) is 5.69. The Morgan fingerprint density at radius 3 is 2.62 bits per heavy atom. The molecule has 1 atom stereocenters. The van der Waals surface area contributed by atoms with Gasteiger partial charge in [0.05, 0.1) is 30.2 Å². The highest BCUT2D eigenvalue weighted by Gasteiger charge is 2.40. The van der Waals surface area contributed by atoms with Gasteiger partial charge in [-0.1, -0.05) is 0 Å². The van der Waals surface area contributed by atoms with Gasteiger partial charge in [0.1, 0.15) is 5.75 Å². The van der Waals surface area contributed by atoms with E-state index in [1.54, 1.807) is 61.8 Å². The third-order valence-electron chi connectivity index (χ3n) is 6.43. The number of aromatic nitrogens is 1. The first kappa shape index (κ1) is 22.2. The summed E-state index contributed by atoms with van der Waals surface area (Å²) in [5.41, 5.74) is 4.15. The van der Waals surface area contributed by atoms with Crippen molar-refractivity contribution in [2.45, 2.75) is 12.5 Å². The Bertz CT molecular complexity index is 1460. The SMILES string of the molecule is COc1ccc(C(=O)N2C=C3C=C(CS(C)(=O)=O)c4ccn(C)c(=O)c4C4=C3C2CCN4)cc1. The lowest BCUT2D eigenvalue weighted by Gasteiger charge is -2.31. The minimum Gasteiger partial charge on any atom is -0.497 e. The van der Waals surface area contributed by atoms with Crippen LogP contribution in [0.1, 0.15) is 27.9 Å². The number of carbonyl (C=O) groups is 1. The second-order valence-corrected chi connectivity index (χ2v) is 10.9. The summed E-state index contributed by atoms with van der Waals surface area (Å²) in [6.07, 6.45) is 7.08. The van der Waals surface area contributed by atoms with E-state index in [-0.39, 0.29) is 23.3 Å². The van der Waals surface area contributed by atoms with Crippen LogP contribution in [0.5, 0.6) is 5.75 Å². The molecule has 0 radical (unpaired) electrons. The van der Waals surface area contributed by atoms with Gasteiger partial charge < -0.3 is 19.5 Å². The van der Waals surface area contributed by atoms with E-state index in [0.29, 0.717) is 46.7 Å². The summed E-state index contributed by atoms with van der Waals surface area (Å²) in [5.74, 6) is 0.290. The highest BCUT2D eigenvalue weighted by atomic mass is 32.2. The minimum absolute atomic E-state index is 0.166. The van der Waals surface area contributed by atoms with Crippen LogP contribution in [0, 0.1) is 0 Å². The monoisotopic (exact) mass is 479 g/mol. The molecule has 1 N–H and O–H groups in total. The van der Waals surface area contributed by atoms with E-state index in [2.05, 4.69) is 5.32 Å². The molecule has 9 heteroatoms. The average Bonchev–Trinajstić information content (AvgIpc) is 3.11. The Labute approximate surface area is 197 Å². The molecule has 0 saturated heterocycles. The van der Waals surface area contributed by atoms with E-state index in [4.69, 9.17) is 4.74 Å². The molecule has 8 nitrogen and oxygen atoms in total. The van der Waals surface area contributed by atoms with Crippen molar-refractivity contribution in [1.82, 2.24) is 14.8 Å². The molecule has 3 heterocycles. The van der Waals surface area contributed by atoms with Crippen LogP contribution >= 0.6 is 0 Å². The van der Waals surface area contributed by atoms with Crippen molar-refractivity contribution in [1.29, 1.82) is 0 Å². The van der Waals surface area contributed by atoms with Gasteiger partial charge in [-0.3, -0.25) is 9.59 Å². The summed E-state index contributed by atoms with van der Waals surface area (Å²) >= 11 is 0. The molecule has 3 aliphatic rings. The third kappa shape index (κ3) is 3.66. The van der Waals surface area contributed by atoms with Gasteiger partial charge in [0.2, 0.25) is 0 Å². The van der Waals surface area contributed by atoms with Gasteiger partial charge in [-0.2, -0.15) is 0 Å². The largest absolute Gasteiger partial charge is 0.497 e. The zero-order valence-electron chi connectivity index (χ0n) is 19.2. The average molecular weight is 480 g/mol. The number of pyridine rings is 1. The number of aryl methyl sites for hydroxylation is 1. The fourth-order valence-electron chi connectivity index (χ4n) is 4.89. The Morgan fingerprint density at radius 2 is 1.94 bits per heavy atom. The Morgan fingerprint density at radius 1 is 1.21 bits per heavy atom. The normalized spacial score (nSPS) is 18.9. The molecule has 1 amide bonds. The highest BCUT2D eigenvalue weighted by molar-refractivity contribution is 7.91. The molecule has 5 rings (SSSR count). The number of hydrogen-bond acceptors (Lipinski definition) is 6. The minimum atomic E-state index is -3.37. The molecule has 2 aliphatic heterocycles. The van der Waals surface area contributed by atoms with E-state index < -0.39 is 9.84 Å². The number of allylic oxidation sites excluding steroid dienone is 1. The van der Waals surface area contributed by atoms with Crippen molar-refractivity contribution in [2.24, 2.45) is 7.05 Å². The maximum atomic E-state index is 13.5. The number of ether oxygens (including phenoxy) is 1. The predicted octanol–water partition coefficient (Wildman–Crippen LogP) is 1.95. The maximum absolute atomic E-state index is 13.5. The number of amides is 1. The van der Waals surface area contributed by atoms with Gasteiger partial charge in [-0.25, -0.2) is 8.42 Å². The molecule has 0 fully saturated rings. The molecule has 2 aromatic rings. The van der Waals surface area contributed by atoms with Crippen molar-refractivity contribution < 1.29 is 17.9 Å². The molecule has 0 saturated carbocycles. The zero-order valence-corrected chi connectivity index (χ0v) is 20.0. The Balaban J connectivity index is 1.69. The maximum Gasteiger partial charge on any atom is 0.260 e. The van der Waals surface area contributed by atoms with Crippen LogP contribution in [0.25, 0.3) is 11.3 Å². The summed E-state index contributed by atoms with van der Waals surface area (Å²) in [4.78, 5) is 28.4. The predicted molar refractivity (Wildman–Crippen MR) is 130 cm³/mol. The number of rotatable bonds is 4. The molecular weight excluding hydrogens is 454 g/mol. The zero-order chi connectivity index (χ0) is 24.2. The second-order valence-electron chi connectivity index (χ2n) is 8.81. The standard InChI is InChI=1S/C25H25N3O5S/c1-27-11-9-19-17(14-34(3,31)32)12-16-13-28(24(29)15-4-6-18(33-2)7-5-15)20-8-10-26-23(21(16)20)22(19)25(27)30/h4-7,9,11-13,20,26H,8,10,14H2,1-3H3. The number of fused-ring (bicyclic) bond motifs is 2. The van der Waals surface area contributed by atoms with Crippen molar-refractivity contribution in [2.75, 3.05) is 25.7 Å². The van der Waals surface area contributed by atoms with Gasteiger partial charge >= 0.3 is 0 Å². The number of carbonyl (C=O) groups excluding carboxylic acids is 1. The quantitative estimate of drug-likeness (QED) is 0.720. The molecule has 0 bridgehead atoms. The van der Waals surface area contributed by atoms with Crippen LogP contribution in [0.2, 0.25) is 0 Å². The van der Waals surface area contributed by atoms with Gasteiger partial charge in [-0.05, 0) is 59.5 Å². The first-order chi connectivity index (χ1) is 16.2. The fraction of sp³-hybridized carbons (Fsp3) is 0.280. The lowest BCUT2D eigenvalue weighted by molar-refractivity contribution is 0.0793. The van der Waals surface area contributed by atoms with Crippen LogP contribution < -0.4 is 15.6 Å². The van der Waals surface area contributed by atoms with Crippen molar-refractivity contribution in [3.05, 3.63) is 87.0 Å². The van der Waals surface area contributed by atoms with Crippen LogP contribution in [0.4, 0.5) is 0 Å². The van der Waals surface area contributed by atoms with E-state index in [1.165, 1.54) is 10.8 Å². The second kappa shape index (κ2) is 8.02. The number of nitrogens with zero attached hydrogens (tertiary/aromatic N) is 2. The molecular formula is C25H25N3O5S. The number of nitrogens with one attached hydrogen (secondary N) is 1. The van der Waals surface area contributed by atoms with Crippen LogP contribution in [0.15, 0.2) is 64.7 Å². The van der Waals surface area contributed by atoms with Crippen molar-refractivity contribution in [3.63, 3.8) is 0 Å². The molecule has 0 spiro atoms. The molecule has 1 aliphatic carbocycles. The first-order valence-electron chi connectivity index (χ1n) is 10.9. The van der Waals surface area contributed by atoms with Gasteiger partial charge in [0.25, 0.3) is 11.5 Å². The summed E-state index contributed by atoms with van der Waals surface area (Å²) in [6.45, 7) is 0.579. The van der Waals surface area contributed by atoms with Crippen LogP contribution in [-0.4, -0.2) is 55.5 Å². The number of methoxy groups -OCH3 is 1. The van der Waals surface area contributed by atoms with E-state index in [0.717, 1.165) is 11.1 Å². The summed E-state index contributed by atoms with van der Waals surface area (Å²) in [7, 11) is -0.131. The topological polar surface area (TPSA) is 97.7 Å². The molecule has 1 aromatic carbocycles. The van der Waals surface area contributed by atoms with Gasteiger partial charge in [0, 0.05) is 43.4 Å². The van der Waals surface area contributed by atoms with Crippen molar-refractivity contribution >= 4 is 27.0 Å². The Kier molecular flexibility index (Phi) is 5.24. The number of benzene rings is 1. The van der Waals surface area contributed by atoms with Gasteiger partial charge in [0.15, 0.2) is 9.84 Å². The van der Waals surface area contributed by atoms with E-state index in [1.807, 2.05) is 6.08 Å². The van der Waals surface area contributed by atoms with E-state index in [9.17, 15) is 18.0 Å². The van der Waals surface area contributed by atoms with Crippen LogP contribution in [0.3, 0.4) is 0 Å². The first-order valence-corrected chi connectivity index (χ1v) is 13.0. The molecule has 176 valence electrons. The van der Waals surface area contributed by atoms with Gasteiger partial charge in [-0.15, -0.1) is 0 Å². The van der Waals surface area contributed by atoms with Crippen molar-refractivity contribution in [3.8, 4) is 5.75 Å². The highest BCUT2D eigenvalue weighted by Crippen LogP contribution is 2.43. The van der Waals surface area contributed by atoms with Crippen LogP contribution in [-0.2, 0) is 16.9 Å². The summed E-state index contributed by atoms with van der Waals surface area (Å²) < 4.78 is 31.2. The third-order valence-corrected chi connectivity index (χ3v) is 7.27. The molecule has 1 aromatic heterocycles. The molecule has 1 unspecified atom stereocenters. The molecule has 34 heavy (non-hydrogen) atoms.